The van der Waals surface area contributed by atoms with Crippen molar-refractivity contribution in [2.45, 2.75) is 33.1 Å². The molecule has 0 spiro atoms. The molecule has 0 saturated heterocycles. The summed E-state index contributed by atoms with van der Waals surface area (Å²) >= 11 is 0. The second kappa shape index (κ2) is 6.00. The maximum Gasteiger partial charge on any atom is 0.234 e. The molecule has 0 aliphatic rings. The Morgan fingerprint density at radius 2 is 2.00 bits per heavy atom. The number of rotatable bonds is 5. The summed E-state index contributed by atoms with van der Waals surface area (Å²) < 4.78 is 0. The van der Waals surface area contributed by atoms with Gasteiger partial charge in [-0.3, -0.25) is 10.2 Å². The standard InChI is InChI=1S/C9H20N2O/c1-8(2)6-5-7-9(12)10-11(3)4/h8H,5-7H2,1-4H3,(H,10,12). The topological polar surface area (TPSA) is 32.3 Å². The van der Waals surface area contributed by atoms with Gasteiger partial charge in [-0.2, -0.15) is 0 Å². The van der Waals surface area contributed by atoms with E-state index in [0.29, 0.717) is 12.3 Å². The molecule has 1 amide bonds. The molecule has 0 aliphatic heterocycles. The Labute approximate surface area is 75.1 Å². The molecular formula is C9H20N2O. The third-order valence-corrected chi connectivity index (χ3v) is 1.53. The molecule has 0 aromatic heterocycles. The SMILES string of the molecule is CC(C)CCCC(=O)NN(C)C. The highest BCUT2D eigenvalue weighted by Crippen LogP contribution is 2.05. The van der Waals surface area contributed by atoms with Crippen molar-refractivity contribution >= 4 is 5.91 Å². The first-order valence-corrected chi connectivity index (χ1v) is 4.49. The van der Waals surface area contributed by atoms with E-state index in [0.717, 1.165) is 12.8 Å². The van der Waals surface area contributed by atoms with Gasteiger partial charge in [0, 0.05) is 20.5 Å². The molecule has 0 unspecified atom stereocenters. The van der Waals surface area contributed by atoms with Crippen LogP contribution in [0.25, 0.3) is 0 Å². The molecule has 0 atom stereocenters. The van der Waals surface area contributed by atoms with Gasteiger partial charge in [0.1, 0.15) is 0 Å². The van der Waals surface area contributed by atoms with Gasteiger partial charge in [0.05, 0.1) is 0 Å². The van der Waals surface area contributed by atoms with Gasteiger partial charge >= 0.3 is 0 Å². The van der Waals surface area contributed by atoms with Gasteiger partial charge in [0.25, 0.3) is 0 Å². The summed E-state index contributed by atoms with van der Waals surface area (Å²) in [5.41, 5.74) is 2.71. The minimum atomic E-state index is 0.112. The Morgan fingerprint density at radius 3 is 2.42 bits per heavy atom. The molecule has 0 radical (unpaired) electrons. The Morgan fingerprint density at radius 1 is 1.42 bits per heavy atom. The van der Waals surface area contributed by atoms with Crippen LogP contribution in [0.5, 0.6) is 0 Å². The van der Waals surface area contributed by atoms with Crippen LogP contribution in [0.3, 0.4) is 0 Å². The van der Waals surface area contributed by atoms with E-state index in [1.807, 2.05) is 14.1 Å². The molecule has 0 aliphatic carbocycles. The maximum atomic E-state index is 11.1. The highest BCUT2D eigenvalue weighted by atomic mass is 16.2. The van der Waals surface area contributed by atoms with Gasteiger partial charge in [0.15, 0.2) is 0 Å². The van der Waals surface area contributed by atoms with Crippen LogP contribution < -0.4 is 5.43 Å². The van der Waals surface area contributed by atoms with E-state index in [1.165, 1.54) is 0 Å². The first-order valence-electron chi connectivity index (χ1n) is 4.49. The average molecular weight is 172 g/mol. The Hall–Kier alpha value is -0.570. The van der Waals surface area contributed by atoms with E-state index in [-0.39, 0.29) is 5.91 Å². The fourth-order valence-electron chi connectivity index (χ4n) is 0.976. The molecule has 72 valence electrons. The third kappa shape index (κ3) is 7.54. The molecular weight excluding hydrogens is 152 g/mol. The molecule has 3 heteroatoms. The molecule has 0 heterocycles. The van der Waals surface area contributed by atoms with Crippen LogP contribution >= 0.6 is 0 Å². The summed E-state index contributed by atoms with van der Waals surface area (Å²) in [6, 6.07) is 0. The first kappa shape index (κ1) is 11.4. The predicted octanol–water partition coefficient (Wildman–Crippen LogP) is 1.41. The van der Waals surface area contributed by atoms with Crippen LogP contribution in [0.15, 0.2) is 0 Å². The van der Waals surface area contributed by atoms with Crippen molar-refractivity contribution in [3.63, 3.8) is 0 Å². The zero-order valence-corrected chi connectivity index (χ0v) is 8.55. The number of hydrogen-bond acceptors (Lipinski definition) is 2. The van der Waals surface area contributed by atoms with Gasteiger partial charge in [-0.15, -0.1) is 0 Å². The van der Waals surface area contributed by atoms with Crippen LogP contribution in [0.2, 0.25) is 0 Å². The molecule has 3 nitrogen and oxygen atoms in total. The van der Waals surface area contributed by atoms with Gasteiger partial charge in [0.2, 0.25) is 5.91 Å². The van der Waals surface area contributed by atoms with E-state index in [9.17, 15) is 4.79 Å². The molecule has 0 rings (SSSR count). The monoisotopic (exact) mass is 172 g/mol. The Balaban J connectivity index is 3.32. The predicted molar refractivity (Wildman–Crippen MR) is 50.5 cm³/mol. The van der Waals surface area contributed by atoms with Crippen LogP contribution in [-0.2, 0) is 4.79 Å². The lowest BCUT2D eigenvalue weighted by Gasteiger charge is -2.11. The van der Waals surface area contributed by atoms with Gasteiger partial charge in [-0.05, 0) is 12.3 Å². The van der Waals surface area contributed by atoms with Crippen LogP contribution in [0, 0.1) is 5.92 Å². The minimum absolute atomic E-state index is 0.112. The van der Waals surface area contributed by atoms with Crippen LogP contribution in [-0.4, -0.2) is 25.0 Å². The van der Waals surface area contributed by atoms with Crippen molar-refractivity contribution in [1.29, 1.82) is 0 Å². The van der Waals surface area contributed by atoms with E-state index < -0.39 is 0 Å². The van der Waals surface area contributed by atoms with Gasteiger partial charge in [-0.1, -0.05) is 20.3 Å². The fraction of sp³-hybridized carbons (Fsp3) is 0.889. The zero-order chi connectivity index (χ0) is 9.56. The lowest BCUT2D eigenvalue weighted by molar-refractivity contribution is -0.124. The van der Waals surface area contributed by atoms with E-state index in [1.54, 1.807) is 5.01 Å². The first-order chi connectivity index (χ1) is 5.52. The van der Waals surface area contributed by atoms with E-state index >= 15 is 0 Å². The number of amides is 1. The highest BCUT2D eigenvalue weighted by molar-refractivity contribution is 5.75. The van der Waals surface area contributed by atoms with Crippen molar-refractivity contribution < 1.29 is 4.79 Å². The summed E-state index contributed by atoms with van der Waals surface area (Å²) in [5.74, 6) is 0.804. The zero-order valence-electron chi connectivity index (χ0n) is 8.55. The fourth-order valence-corrected chi connectivity index (χ4v) is 0.976. The number of carbonyl (C=O) groups is 1. The summed E-state index contributed by atoms with van der Waals surface area (Å²) in [6.07, 6.45) is 2.74. The van der Waals surface area contributed by atoms with Gasteiger partial charge in [-0.25, -0.2) is 5.01 Å². The van der Waals surface area contributed by atoms with Crippen molar-refractivity contribution in [3.05, 3.63) is 0 Å². The number of hydrazine groups is 1. The highest BCUT2D eigenvalue weighted by Gasteiger charge is 2.02. The summed E-state index contributed by atoms with van der Waals surface area (Å²) in [4.78, 5) is 11.1. The third-order valence-electron chi connectivity index (χ3n) is 1.53. The summed E-state index contributed by atoms with van der Waals surface area (Å²) in [7, 11) is 3.64. The Bertz CT molecular complexity index is 132. The average Bonchev–Trinajstić information content (AvgIpc) is 1.84. The van der Waals surface area contributed by atoms with Crippen molar-refractivity contribution in [2.24, 2.45) is 5.92 Å². The number of carbonyl (C=O) groups excluding carboxylic acids is 1. The largest absolute Gasteiger partial charge is 0.289 e. The van der Waals surface area contributed by atoms with Crippen molar-refractivity contribution in [1.82, 2.24) is 10.4 Å². The van der Waals surface area contributed by atoms with Crippen molar-refractivity contribution in [2.75, 3.05) is 14.1 Å². The van der Waals surface area contributed by atoms with Gasteiger partial charge < -0.3 is 0 Å². The molecule has 0 bridgehead atoms. The lowest BCUT2D eigenvalue weighted by Crippen LogP contribution is -2.35. The molecule has 0 fully saturated rings. The molecule has 0 aromatic rings. The molecule has 12 heavy (non-hydrogen) atoms. The normalized spacial score (nSPS) is 10.8. The second-order valence-electron chi connectivity index (χ2n) is 3.72. The van der Waals surface area contributed by atoms with E-state index in [2.05, 4.69) is 19.3 Å². The quantitative estimate of drug-likeness (QED) is 0.636. The van der Waals surface area contributed by atoms with E-state index in [4.69, 9.17) is 0 Å². The van der Waals surface area contributed by atoms with Crippen LogP contribution in [0.4, 0.5) is 0 Å². The minimum Gasteiger partial charge on any atom is -0.289 e. The molecule has 1 N–H and O–H groups in total. The molecule has 0 aromatic carbocycles. The summed E-state index contributed by atoms with van der Waals surface area (Å²) in [6.45, 7) is 4.34. The number of nitrogens with zero attached hydrogens (tertiary/aromatic N) is 1. The smallest absolute Gasteiger partial charge is 0.234 e. The molecule has 0 saturated carbocycles. The Kier molecular flexibility index (Phi) is 5.72. The van der Waals surface area contributed by atoms with Crippen molar-refractivity contribution in [3.8, 4) is 0 Å². The second-order valence-corrected chi connectivity index (χ2v) is 3.72. The number of nitrogens with one attached hydrogen (secondary N) is 1. The summed E-state index contributed by atoms with van der Waals surface area (Å²) in [5, 5.41) is 1.68. The number of hydrogen-bond donors (Lipinski definition) is 1. The van der Waals surface area contributed by atoms with Crippen LogP contribution in [0.1, 0.15) is 33.1 Å². The lowest BCUT2D eigenvalue weighted by atomic mass is 10.1. The maximum absolute atomic E-state index is 11.1.